The van der Waals surface area contributed by atoms with Crippen LogP contribution in [0.4, 0.5) is 0 Å². The second-order valence-corrected chi connectivity index (χ2v) is 14.8. The number of ketones is 1. The fourth-order valence-electron chi connectivity index (χ4n) is 6.74. The molecule has 1 fully saturated rings. The third-order valence-corrected chi connectivity index (χ3v) is 10.0. The van der Waals surface area contributed by atoms with Crippen molar-refractivity contribution in [2.24, 2.45) is 0 Å². The van der Waals surface area contributed by atoms with Gasteiger partial charge in [-0.25, -0.2) is 9.59 Å². The molecule has 1 aromatic carbocycles. The van der Waals surface area contributed by atoms with Crippen molar-refractivity contribution >= 4 is 23.7 Å². The summed E-state index contributed by atoms with van der Waals surface area (Å²) in [6.45, 7) is 0.896. The van der Waals surface area contributed by atoms with Crippen LogP contribution in [0.1, 0.15) is 126 Å². The fraction of sp³-hybridized carbons (Fsp3) is 0.750. The molecule has 1 aromatic rings. The molecule has 1 heterocycles. The van der Waals surface area contributed by atoms with Gasteiger partial charge >= 0.3 is 17.9 Å². The summed E-state index contributed by atoms with van der Waals surface area (Å²) in [6, 6.07) is 4.39. The van der Waals surface area contributed by atoms with Gasteiger partial charge in [-0.1, -0.05) is 82.8 Å². The number of unbranched alkanes of at least 4 members (excludes halogenated alkanes) is 12. The number of aromatic carboxylic acids is 1. The summed E-state index contributed by atoms with van der Waals surface area (Å²) in [5, 5.41) is 90.4. The Balaban J connectivity index is 1.55. The first-order valence-corrected chi connectivity index (χ1v) is 20.0. The fourth-order valence-corrected chi connectivity index (χ4v) is 6.74. The van der Waals surface area contributed by atoms with Crippen molar-refractivity contribution in [2.45, 2.75) is 178 Å². The van der Waals surface area contributed by atoms with E-state index in [2.05, 4.69) is 0 Å². The molecule has 10 unspecified atom stereocenters. The Bertz CT molecular complexity index is 1360. The second-order valence-electron chi connectivity index (χ2n) is 14.8. The van der Waals surface area contributed by atoms with Gasteiger partial charge in [0.05, 0.1) is 19.3 Å². The molecule has 10 atom stereocenters. The molecule has 0 aliphatic carbocycles. The normalized spacial score (nSPS) is 22.2. The molecule has 1 aliphatic heterocycles. The van der Waals surface area contributed by atoms with Gasteiger partial charge in [-0.05, 0) is 37.8 Å². The van der Waals surface area contributed by atoms with Gasteiger partial charge in [0.15, 0.2) is 18.5 Å². The van der Waals surface area contributed by atoms with E-state index in [0.717, 1.165) is 90.4 Å². The summed E-state index contributed by atoms with van der Waals surface area (Å²) in [7, 11) is 0. The molecular weight excluding hydrogens is 752 g/mol. The van der Waals surface area contributed by atoms with Crippen molar-refractivity contribution in [3.05, 3.63) is 29.3 Å². The van der Waals surface area contributed by atoms with Crippen molar-refractivity contribution < 1.29 is 84.1 Å². The van der Waals surface area contributed by atoms with E-state index in [1.807, 2.05) is 0 Å². The maximum Gasteiger partial charge on any atom is 0.339 e. The van der Waals surface area contributed by atoms with Crippen LogP contribution in [0.25, 0.3) is 0 Å². The van der Waals surface area contributed by atoms with Crippen LogP contribution in [-0.2, 0) is 39.8 Å². The largest absolute Gasteiger partial charge is 0.507 e. The average molecular weight is 817 g/mol. The van der Waals surface area contributed by atoms with E-state index in [9.17, 15) is 65.1 Å². The molecule has 0 bridgehead atoms. The Morgan fingerprint density at radius 3 is 1.89 bits per heavy atom. The number of carbonyl (C=O) groups is 4. The summed E-state index contributed by atoms with van der Waals surface area (Å²) in [5.41, 5.74) is 0.119. The van der Waals surface area contributed by atoms with E-state index >= 15 is 0 Å². The summed E-state index contributed by atoms with van der Waals surface area (Å²) >= 11 is 0. The minimum atomic E-state index is -2.22. The van der Waals surface area contributed by atoms with Gasteiger partial charge in [0.1, 0.15) is 53.7 Å². The van der Waals surface area contributed by atoms with E-state index in [0.29, 0.717) is 18.4 Å². The smallest absolute Gasteiger partial charge is 0.339 e. The number of esters is 2. The van der Waals surface area contributed by atoms with Crippen LogP contribution in [0.3, 0.4) is 0 Å². The number of hydrogen-bond acceptors (Lipinski definition) is 16. The topological polar surface area (TPSA) is 287 Å². The number of carboxylic acids is 1. The van der Waals surface area contributed by atoms with Crippen LogP contribution < -0.4 is 0 Å². The predicted octanol–water partition coefficient (Wildman–Crippen LogP) is 1.82. The number of aliphatic hydroxyl groups is 7. The van der Waals surface area contributed by atoms with Crippen LogP contribution >= 0.6 is 0 Å². The summed E-state index contributed by atoms with van der Waals surface area (Å²) in [6.07, 6.45) is -2.88. The molecule has 0 radical (unpaired) electrons. The van der Waals surface area contributed by atoms with Crippen molar-refractivity contribution in [1.82, 2.24) is 0 Å². The summed E-state index contributed by atoms with van der Waals surface area (Å²) in [5.74, 6) is -3.71. The lowest BCUT2D eigenvalue weighted by Gasteiger charge is -2.42. The Hall–Kier alpha value is -3.26. The van der Waals surface area contributed by atoms with Crippen LogP contribution in [0, 0.1) is 0 Å². The van der Waals surface area contributed by atoms with Gasteiger partial charge < -0.3 is 64.9 Å². The number of aromatic hydroxyl groups is 1. The Kier molecular flexibility index (Phi) is 23.4. The van der Waals surface area contributed by atoms with Crippen molar-refractivity contribution in [3.63, 3.8) is 0 Å². The minimum absolute atomic E-state index is 0.000459. The molecule has 1 saturated heterocycles. The van der Waals surface area contributed by atoms with Gasteiger partial charge in [0.25, 0.3) is 0 Å². The lowest BCUT2D eigenvalue weighted by atomic mass is 9.98. The van der Waals surface area contributed by atoms with Crippen molar-refractivity contribution in [2.75, 3.05) is 13.2 Å². The number of ether oxygens (including phenoxy) is 4. The highest BCUT2D eigenvalue weighted by molar-refractivity contribution is 5.94. The standard InChI is InChI=1S/C40H64O17/c1-24(54-39(53)36(50)34(48)32(46)29(22-41)56-40-37(55-25(2)43)35(49)33(47)30(23-42)57-40)17-14-12-10-8-6-4-3-5-7-9-11-13-15-19-27(44)21-26-18-16-20-28(45)31(26)38(51)52/h16,18,20,24,29-30,32-37,40-42,45-50H,3-15,17,19,21-23H2,1-2H3,(H,51,52). The van der Waals surface area contributed by atoms with E-state index in [1.54, 1.807) is 13.0 Å². The highest BCUT2D eigenvalue weighted by Gasteiger charge is 2.49. The number of Topliss-reactive ketones (excluding diaryl/α,β-unsaturated/α-hetero) is 1. The van der Waals surface area contributed by atoms with Gasteiger partial charge in [-0.2, -0.15) is 0 Å². The van der Waals surface area contributed by atoms with Crippen molar-refractivity contribution in [1.29, 1.82) is 0 Å². The molecule has 1 aliphatic rings. The third kappa shape index (κ3) is 17.2. The van der Waals surface area contributed by atoms with Crippen LogP contribution in [0.5, 0.6) is 5.75 Å². The van der Waals surface area contributed by atoms with E-state index in [1.165, 1.54) is 12.1 Å². The molecule has 9 N–H and O–H groups in total. The van der Waals surface area contributed by atoms with Gasteiger partial charge in [-0.3, -0.25) is 9.59 Å². The molecular formula is C40H64O17. The number of carbonyl (C=O) groups excluding carboxylic acids is 3. The van der Waals surface area contributed by atoms with Gasteiger partial charge in [-0.15, -0.1) is 0 Å². The minimum Gasteiger partial charge on any atom is -0.507 e. The number of phenols is 1. The predicted molar refractivity (Wildman–Crippen MR) is 202 cm³/mol. The van der Waals surface area contributed by atoms with E-state index in [-0.39, 0.29) is 23.5 Å². The summed E-state index contributed by atoms with van der Waals surface area (Å²) in [4.78, 5) is 47.8. The molecule has 17 heteroatoms. The molecule has 0 spiro atoms. The molecule has 0 aromatic heterocycles. The maximum absolute atomic E-state index is 12.5. The van der Waals surface area contributed by atoms with Gasteiger partial charge in [0.2, 0.25) is 0 Å². The first-order chi connectivity index (χ1) is 27.1. The van der Waals surface area contributed by atoms with E-state index in [4.69, 9.17) is 18.9 Å². The quantitative estimate of drug-likeness (QED) is 0.0412. The number of carboxylic acid groups (broad SMARTS) is 1. The average Bonchev–Trinajstić information content (AvgIpc) is 3.16. The van der Waals surface area contributed by atoms with Crippen molar-refractivity contribution in [3.8, 4) is 5.75 Å². The lowest BCUT2D eigenvalue weighted by Crippen LogP contribution is -2.62. The number of rotatable bonds is 29. The Morgan fingerprint density at radius 1 is 0.807 bits per heavy atom. The molecule has 57 heavy (non-hydrogen) atoms. The van der Waals surface area contributed by atoms with Crippen LogP contribution in [0.2, 0.25) is 0 Å². The molecule has 0 amide bonds. The van der Waals surface area contributed by atoms with Gasteiger partial charge in [0, 0.05) is 19.8 Å². The van der Waals surface area contributed by atoms with Crippen LogP contribution in [-0.4, -0.2) is 144 Å². The first kappa shape index (κ1) is 49.9. The Morgan fingerprint density at radius 2 is 1.37 bits per heavy atom. The molecule has 326 valence electrons. The monoisotopic (exact) mass is 816 g/mol. The lowest BCUT2D eigenvalue weighted by molar-refractivity contribution is -0.324. The molecule has 2 rings (SSSR count). The second kappa shape index (κ2) is 26.7. The molecule has 17 nitrogen and oxygen atoms in total. The summed E-state index contributed by atoms with van der Waals surface area (Å²) < 4.78 is 21.0. The number of aliphatic hydroxyl groups excluding tert-OH is 7. The zero-order valence-electron chi connectivity index (χ0n) is 33.0. The van der Waals surface area contributed by atoms with Crippen LogP contribution in [0.15, 0.2) is 18.2 Å². The molecule has 0 saturated carbocycles. The number of hydrogen-bond donors (Lipinski definition) is 9. The third-order valence-electron chi connectivity index (χ3n) is 10.0. The Labute approximate surface area is 333 Å². The SMILES string of the molecule is CC(=O)OC1C(OC(CO)C(O)C(O)C(O)C(=O)OC(C)CCCCCCCCCCCCCCCC(=O)Cc2cccc(O)c2C(=O)O)OC(CO)C(O)C1O. The first-order valence-electron chi connectivity index (χ1n) is 20.0. The zero-order chi connectivity index (χ0) is 42.5. The highest BCUT2D eigenvalue weighted by atomic mass is 16.7. The maximum atomic E-state index is 12.5. The zero-order valence-corrected chi connectivity index (χ0v) is 33.0. The van der Waals surface area contributed by atoms with E-state index < -0.39 is 92.3 Å². The highest BCUT2D eigenvalue weighted by Crippen LogP contribution is 2.27. The number of benzene rings is 1.